The first-order chi connectivity index (χ1) is 8.27. The van der Waals surface area contributed by atoms with E-state index in [1.807, 2.05) is 23.6 Å². The van der Waals surface area contributed by atoms with Crippen molar-refractivity contribution in [1.82, 2.24) is 9.55 Å². The number of imidazole rings is 1. The SMILES string of the molecule is CCn1ccnc1C(=O)c1ccccc1OC. The summed E-state index contributed by atoms with van der Waals surface area (Å²) in [5.41, 5.74) is 0.538. The molecule has 2 aromatic rings. The second-order valence-corrected chi connectivity index (χ2v) is 3.57. The van der Waals surface area contributed by atoms with Crippen LogP contribution in [0.3, 0.4) is 0 Å². The van der Waals surface area contributed by atoms with Gasteiger partial charge in [-0.3, -0.25) is 4.79 Å². The van der Waals surface area contributed by atoms with Crippen LogP contribution in [-0.4, -0.2) is 22.4 Å². The first-order valence-corrected chi connectivity index (χ1v) is 5.46. The molecule has 0 aliphatic heterocycles. The standard InChI is InChI=1S/C13H14N2O2/c1-3-15-9-8-14-13(15)12(16)10-6-4-5-7-11(10)17-2/h4-9H,3H2,1-2H3. The van der Waals surface area contributed by atoms with Gasteiger partial charge in [-0.2, -0.15) is 0 Å². The van der Waals surface area contributed by atoms with Gasteiger partial charge in [0.25, 0.3) is 0 Å². The first-order valence-electron chi connectivity index (χ1n) is 5.46. The number of hydrogen-bond acceptors (Lipinski definition) is 3. The summed E-state index contributed by atoms with van der Waals surface area (Å²) in [6.07, 6.45) is 3.43. The zero-order valence-electron chi connectivity index (χ0n) is 9.88. The molecule has 0 radical (unpaired) electrons. The van der Waals surface area contributed by atoms with Gasteiger partial charge in [0.15, 0.2) is 5.82 Å². The maximum atomic E-state index is 12.3. The number of ketones is 1. The highest BCUT2D eigenvalue weighted by molar-refractivity contribution is 6.08. The van der Waals surface area contributed by atoms with Crippen molar-refractivity contribution in [1.29, 1.82) is 0 Å². The minimum Gasteiger partial charge on any atom is -0.496 e. The third-order valence-corrected chi connectivity index (χ3v) is 2.61. The van der Waals surface area contributed by atoms with E-state index in [-0.39, 0.29) is 5.78 Å². The average Bonchev–Trinajstić information content (AvgIpc) is 2.86. The molecule has 0 amide bonds. The molecule has 1 aromatic heterocycles. The van der Waals surface area contributed by atoms with Crippen molar-refractivity contribution in [3.63, 3.8) is 0 Å². The molecule has 0 fully saturated rings. The molecule has 0 spiro atoms. The van der Waals surface area contributed by atoms with Crippen molar-refractivity contribution in [3.8, 4) is 5.75 Å². The quantitative estimate of drug-likeness (QED) is 0.756. The fraction of sp³-hybridized carbons (Fsp3) is 0.231. The normalized spacial score (nSPS) is 10.2. The maximum absolute atomic E-state index is 12.3. The Hall–Kier alpha value is -2.10. The van der Waals surface area contributed by atoms with Crippen LogP contribution >= 0.6 is 0 Å². The molecule has 0 saturated heterocycles. The van der Waals surface area contributed by atoms with Crippen LogP contribution < -0.4 is 4.74 Å². The number of aromatic nitrogens is 2. The predicted octanol–water partition coefficient (Wildman–Crippen LogP) is 2.14. The van der Waals surface area contributed by atoms with Gasteiger partial charge in [-0.05, 0) is 19.1 Å². The van der Waals surface area contributed by atoms with E-state index in [1.54, 1.807) is 31.6 Å². The van der Waals surface area contributed by atoms with E-state index >= 15 is 0 Å². The summed E-state index contributed by atoms with van der Waals surface area (Å²) in [6, 6.07) is 7.17. The molecule has 1 aromatic carbocycles. The van der Waals surface area contributed by atoms with Crippen molar-refractivity contribution in [3.05, 3.63) is 48.0 Å². The molecular formula is C13H14N2O2. The van der Waals surface area contributed by atoms with Crippen LogP contribution in [-0.2, 0) is 6.54 Å². The molecule has 0 bridgehead atoms. The minimum atomic E-state index is -0.116. The van der Waals surface area contributed by atoms with Gasteiger partial charge in [0, 0.05) is 18.9 Å². The summed E-state index contributed by atoms with van der Waals surface area (Å²) < 4.78 is 6.99. The number of rotatable bonds is 4. The van der Waals surface area contributed by atoms with Crippen LogP contribution in [0.5, 0.6) is 5.75 Å². The van der Waals surface area contributed by atoms with E-state index in [9.17, 15) is 4.79 Å². The summed E-state index contributed by atoms with van der Waals surface area (Å²) in [6.45, 7) is 2.69. The van der Waals surface area contributed by atoms with Crippen LogP contribution in [0.1, 0.15) is 23.1 Å². The van der Waals surface area contributed by atoms with Gasteiger partial charge in [-0.25, -0.2) is 4.98 Å². The Morgan fingerprint density at radius 1 is 1.41 bits per heavy atom. The van der Waals surface area contributed by atoms with Gasteiger partial charge in [-0.1, -0.05) is 12.1 Å². The first kappa shape index (κ1) is 11.4. The van der Waals surface area contributed by atoms with Gasteiger partial charge in [-0.15, -0.1) is 0 Å². The van der Waals surface area contributed by atoms with Gasteiger partial charge in [0.1, 0.15) is 5.75 Å². The number of carbonyl (C=O) groups is 1. The molecule has 2 rings (SSSR count). The summed E-state index contributed by atoms with van der Waals surface area (Å²) >= 11 is 0. The lowest BCUT2D eigenvalue weighted by atomic mass is 10.1. The van der Waals surface area contributed by atoms with Gasteiger partial charge >= 0.3 is 0 Å². The number of benzene rings is 1. The predicted molar refractivity (Wildman–Crippen MR) is 64.3 cm³/mol. The second kappa shape index (κ2) is 4.82. The Morgan fingerprint density at radius 2 is 2.18 bits per heavy atom. The Morgan fingerprint density at radius 3 is 2.88 bits per heavy atom. The molecule has 0 unspecified atom stereocenters. The zero-order valence-corrected chi connectivity index (χ0v) is 9.88. The minimum absolute atomic E-state index is 0.116. The number of aryl methyl sites for hydroxylation is 1. The van der Waals surface area contributed by atoms with E-state index in [0.717, 1.165) is 6.54 Å². The van der Waals surface area contributed by atoms with Crippen LogP contribution in [0.4, 0.5) is 0 Å². The van der Waals surface area contributed by atoms with Crippen LogP contribution in [0.25, 0.3) is 0 Å². The number of para-hydroxylation sites is 1. The van der Waals surface area contributed by atoms with Crippen molar-refractivity contribution < 1.29 is 9.53 Å². The molecular weight excluding hydrogens is 216 g/mol. The van der Waals surface area contributed by atoms with E-state index in [0.29, 0.717) is 17.1 Å². The molecule has 17 heavy (non-hydrogen) atoms. The average molecular weight is 230 g/mol. The van der Waals surface area contributed by atoms with Gasteiger partial charge in [0.2, 0.25) is 5.78 Å². The Kier molecular flexibility index (Phi) is 3.23. The molecule has 0 aliphatic rings. The zero-order chi connectivity index (χ0) is 12.3. The molecule has 4 heteroatoms. The van der Waals surface area contributed by atoms with E-state index < -0.39 is 0 Å². The third-order valence-electron chi connectivity index (χ3n) is 2.61. The second-order valence-electron chi connectivity index (χ2n) is 3.57. The third kappa shape index (κ3) is 2.06. The maximum Gasteiger partial charge on any atom is 0.232 e. The van der Waals surface area contributed by atoms with Crippen LogP contribution in [0, 0.1) is 0 Å². The fourth-order valence-corrected chi connectivity index (χ4v) is 1.73. The Bertz CT molecular complexity index is 532. The molecule has 0 aliphatic carbocycles. The van der Waals surface area contributed by atoms with Crippen LogP contribution in [0.2, 0.25) is 0 Å². The summed E-state index contributed by atoms with van der Waals surface area (Å²) in [5.74, 6) is 0.898. The van der Waals surface area contributed by atoms with Gasteiger partial charge < -0.3 is 9.30 Å². The molecule has 88 valence electrons. The fourth-order valence-electron chi connectivity index (χ4n) is 1.73. The number of ether oxygens (including phenoxy) is 1. The smallest absolute Gasteiger partial charge is 0.232 e. The number of carbonyl (C=O) groups excluding carboxylic acids is 1. The van der Waals surface area contributed by atoms with E-state index in [2.05, 4.69) is 4.98 Å². The highest BCUT2D eigenvalue weighted by Crippen LogP contribution is 2.20. The topological polar surface area (TPSA) is 44.1 Å². The highest BCUT2D eigenvalue weighted by atomic mass is 16.5. The van der Waals surface area contributed by atoms with E-state index in [1.165, 1.54) is 0 Å². The molecule has 4 nitrogen and oxygen atoms in total. The Labute approximate surface area is 99.9 Å². The molecule has 1 heterocycles. The van der Waals surface area contributed by atoms with Gasteiger partial charge in [0.05, 0.1) is 12.7 Å². The highest BCUT2D eigenvalue weighted by Gasteiger charge is 2.17. The molecule has 0 saturated carbocycles. The lowest BCUT2D eigenvalue weighted by Crippen LogP contribution is -2.11. The summed E-state index contributed by atoms with van der Waals surface area (Å²) in [7, 11) is 1.55. The van der Waals surface area contributed by atoms with Crippen molar-refractivity contribution in [2.45, 2.75) is 13.5 Å². The summed E-state index contributed by atoms with van der Waals surface area (Å²) in [5, 5.41) is 0. The monoisotopic (exact) mass is 230 g/mol. The lowest BCUT2D eigenvalue weighted by molar-refractivity contribution is 0.102. The molecule has 0 atom stereocenters. The van der Waals surface area contributed by atoms with Crippen molar-refractivity contribution in [2.75, 3.05) is 7.11 Å². The Balaban J connectivity index is 2.44. The lowest BCUT2D eigenvalue weighted by Gasteiger charge is -2.07. The largest absolute Gasteiger partial charge is 0.496 e. The number of hydrogen-bond donors (Lipinski definition) is 0. The number of methoxy groups -OCH3 is 1. The molecule has 0 N–H and O–H groups in total. The van der Waals surface area contributed by atoms with Crippen LogP contribution in [0.15, 0.2) is 36.7 Å². The van der Waals surface area contributed by atoms with Crippen molar-refractivity contribution in [2.24, 2.45) is 0 Å². The van der Waals surface area contributed by atoms with E-state index in [4.69, 9.17) is 4.74 Å². The van der Waals surface area contributed by atoms with Crippen molar-refractivity contribution >= 4 is 5.78 Å². The number of nitrogens with zero attached hydrogens (tertiary/aromatic N) is 2. The summed E-state index contributed by atoms with van der Waals surface area (Å²) in [4.78, 5) is 16.4.